The lowest BCUT2D eigenvalue weighted by molar-refractivity contribution is -0.133. The van der Waals surface area contributed by atoms with Gasteiger partial charge in [0.2, 0.25) is 5.91 Å². The molecule has 0 unspecified atom stereocenters. The zero-order valence-corrected chi connectivity index (χ0v) is 23.0. The van der Waals surface area contributed by atoms with Crippen LogP contribution in [0.4, 0.5) is 0 Å². The standard InChI is InChI=1S/C29H42N8O/c1-19(2)11-29(38)37-9-7-21(8-10-37)16-33-17-24(15-31)23-12-26-25(34-18-23)5-6-28(35-26)36-27(32)13-22(14-30)20(3)4/h5-6,12-15,17-21,30,34-35H,7-11,16,31H2,1-4H3,(H2,32,36). The predicted octanol–water partition coefficient (Wildman–Crippen LogP) is 3.47. The third-order valence-corrected chi connectivity index (χ3v) is 6.70. The molecule has 9 nitrogen and oxygen atoms in total. The van der Waals surface area contributed by atoms with Crippen LogP contribution in [0.5, 0.6) is 0 Å². The van der Waals surface area contributed by atoms with Crippen molar-refractivity contribution in [2.75, 3.05) is 19.6 Å². The van der Waals surface area contributed by atoms with Gasteiger partial charge in [-0.2, -0.15) is 0 Å². The molecule has 0 aliphatic carbocycles. The van der Waals surface area contributed by atoms with Crippen molar-refractivity contribution in [1.82, 2.24) is 15.5 Å². The van der Waals surface area contributed by atoms with Crippen LogP contribution in [0.1, 0.15) is 47.0 Å². The van der Waals surface area contributed by atoms with Crippen LogP contribution in [0.15, 0.2) is 80.6 Å². The van der Waals surface area contributed by atoms with Gasteiger partial charge in [-0.3, -0.25) is 9.79 Å². The number of rotatable bonds is 10. The molecule has 0 bridgehead atoms. The maximum absolute atomic E-state index is 12.3. The lowest BCUT2D eigenvalue weighted by Gasteiger charge is -2.31. The largest absolute Gasteiger partial charge is 0.404 e. The van der Waals surface area contributed by atoms with E-state index < -0.39 is 0 Å². The van der Waals surface area contributed by atoms with E-state index in [2.05, 4.69) is 34.5 Å². The Hall–Kier alpha value is -3.88. The topological polar surface area (TPSA) is 145 Å². The Labute approximate surface area is 226 Å². The molecule has 0 atom stereocenters. The van der Waals surface area contributed by atoms with Gasteiger partial charge in [-0.15, -0.1) is 0 Å². The van der Waals surface area contributed by atoms with Gasteiger partial charge in [0.05, 0.1) is 11.4 Å². The van der Waals surface area contributed by atoms with E-state index in [9.17, 15) is 4.79 Å². The fourth-order valence-corrected chi connectivity index (χ4v) is 4.40. The Kier molecular flexibility index (Phi) is 10.3. The van der Waals surface area contributed by atoms with Gasteiger partial charge in [-0.25, -0.2) is 4.99 Å². The van der Waals surface area contributed by atoms with Gasteiger partial charge < -0.3 is 32.4 Å². The number of amidine groups is 1. The van der Waals surface area contributed by atoms with Gasteiger partial charge in [-0.05, 0) is 60.5 Å². The highest BCUT2D eigenvalue weighted by Gasteiger charge is 2.23. The number of dihydropyridines is 2. The lowest BCUT2D eigenvalue weighted by Crippen LogP contribution is -2.39. The van der Waals surface area contributed by atoms with Crippen molar-refractivity contribution >= 4 is 24.2 Å². The van der Waals surface area contributed by atoms with Crippen LogP contribution in [0, 0.1) is 23.2 Å². The lowest BCUT2D eigenvalue weighted by atomic mass is 9.96. The number of fused-ring (bicyclic) bond motifs is 1. The van der Waals surface area contributed by atoms with E-state index >= 15 is 0 Å². The Bertz CT molecular complexity index is 1140. The molecule has 204 valence electrons. The van der Waals surface area contributed by atoms with Gasteiger partial charge in [0, 0.05) is 62.0 Å². The monoisotopic (exact) mass is 518 g/mol. The smallest absolute Gasteiger partial charge is 0.222 e. The third kappa shape index (κ3) is 8.06. The molecule has 1 amide bonds. The highest BCUT2D eigenvalue weighted by atomic mass is 16.2. The van der Waals surface area contributed by atoms with E-state index in [-0.39, 0.29) is 11.8 Å². The number of nitrogens with one attached hydrogen (secondary N) is 3. The van der Waals surface area contributed by atoms with Crippen LogP contribution >= 0.6 is 0 Å². The Morgan fingerprint density at radius 3 is 2.58 bits per heavy atom. The number of carbonyl (C=O) groups is 1. The molecule has 0 aromatic carbocycles. The normalized spacial score (nSPS) is 19.4. The number of carbonyl (C=O) groups excluding carboxylic acids is 1. The fraction of sp³-hybridized carbons (Fsp3) is 0.448. The first-order chi connectivity index (χ1) is 18.2. The minimum atomic E-state index is 0.189. The summed E-state index contributed by atoms with van der Waals surface area (Å²) < 4.78 is 0. The molecule has 3 aliphatic rings. The number of piperidine rings is 1. The second-order valence-corrected chi connectivity index (χ2v) is 10.6. The Morgan fingerprint density at radius 1 is 1.21 bits per heavy atom. The van der Waals surface area contributed by atoms with Crippen molar-refractivity contribution in [2.45, 2.75) is 47.0 Å². The minimum Gasteiger partial charge on any atom is -0.404 e. The number of nitrogens with two attached hydrogens (primary N) is 2. The first kappa shape index (κ1) is 28.7. The average molecular weight is 519 g/mol. The second kappa shape index (κ2) is 13.6. The molecule has 0 spiro atoms. The summed E-state index contributed by atoms with van der Waals surface area (Å²) in [5.74, 6) is 2.25. The molecule has 38 heavy (non-hydrogen) atoms. The third-order valence-electron chi connectivity index (χ3n) is 6.70. The van der Waals surface area contributed by atoms with E-state index in [0.717, 1.165) is 54.0 Å². The molecule has 3 rings (SSSR count). The maximum atomic E-state index is 12.3. The fourth-order valence-electron chi connectivity index (χ4n) is 4.40. The van der Waals surface area contributed by atoms with Gasteiger partial charge in [0.1, 0.15) is 11.7 Å². The van der Waals surface area contributed by atoms with Crippen LogP contribution < -0.4 is 22.1 Å². The van der Waals surface area contributed by atoms with Crippen molar-refractivity contribution in [3.63, 3.8) is 0 Å². The number of allylic oxidation sites excluding steroid dienone is 6. The SMILES string of the molecule is CC(C)CC(=O)N1CCC(CN=CC(=CN)C2=CNC3=CC=C(N=C(N)C=C(C=N)C(C)C)NC3=C2)CC1. The average Bonchev–Trinajstić information content (AvgIpc) is 2.89. The van der Waals surface area contributed by atoms with Gasteiger partial charge in [-0.1, -0.05) is 27.7 Å². The summed E-state index contributed by atoms with van der Waals surface area (Å²) >= 11 is 0. The summed E-state index contributed by atoms with van der Waals surface area (Å²) in [4.78, 5) is 23.4. The summed E-state index contributed by atoms with van der Waals surface area (Å²) in [7, 11) is 0. The van der Waals surface area contributed by atoms with Crippen LogP contribution in [0.2, 0.25) is 0 Å². The number of aliphatic imine (C=N–C) groups is 2. The molecular formula is C29H42N8O. The van der Waals surface area contributed by atoms with E-state index in [1.165, 1.54) is 6.21 Å². The molecule has 3 aliphatic heterocycles. The predicted molar refractivity (Wildman–Crippen MR) is 156 cm³/mol. The van der Waals surface area contributed by atoms with Crippen LogP contribution in [0.3, 0.4) is 0 Å². The Morgan fingerprint density at radius 2 is 1.95 bits per heavy atom. The number of amides is 1. The van der Waals surface area contributed by atoms with E-state index in [4.69, 9.17) is 16.9 Å². The number of hydrogen-bond donors (Lipinski definition) is 5. The second-order valence-electron chi connectivity index (χ2n) is 10.6. The number of hydrogen-bond acceptors (Lipinski definition) is 7. The molecule has 1 saturated heterocycles. The van der Waals surface area contributed by atoms with Gasteiger partial charge in [0.25, 0.3) is 0 Å². The molecular weight excluding hydrogens is 476 g/mol. The maximum Gasteiger partial charge on any atom is 0.222 e. The van der Waals surface area contributed by atoms with Crippen LogP contribution in [-0.2, 0) is 4.79 Å². The summed E-state index contributed by atoms with van der Waals surface area (Å²) in [5, 5.41) is 14.1. The van der Waals surface area contributed by atoms with Crippen LogP contribution in [-0.4, -0.2) is 48.7 Å². The molecule has 0 saturated carbocycles. The Balaban J connectivity index is 1.58. The molecule has 1 fully saturated rings. The summed E-state index contributed by atoms with van der Waals surface area (Å²) in [6.07, 6.45) is 16.7. The van der Waals surface area contributed by atoms with E-state index in [0.29, 0.717) is 36.5 Å². The van der Waals surface area contributed by atoms with Crippen LogP contribution in [0.25, 0.3) is 0 Å². The first-order valence-corrected chi connectivity index (χ1v) is 13.3. The summed E-state index contributed by atoms with van der Waals surface area (Å²) in [6, 6.07) is 0. The molecule has 3 heterocycles. The van der Waals surface area contributed by atoms with Crippen molar-refractivity contribution in [3.05, 3.63) is 70.6 Å². The summed E-state index contributed by atoms with van der Waals surface area (Å²) in [6.45, 7) is 10.5. The quantitative estimate of drug-likeness (QED) is 0.222. The van der Waals surface area contributed by atoms with E-state index in [1.807, 2.05) is 49.4 Å². The zero-order chi connectivity index (χ0) is 27.7. The first-order valence-electron chi connectivity index (χ1n) is 13.3. The molecule has 9 heteroatoms. The molecule has 0 radical (unpaired) electrons. The minimum absolute atomic E-state index is 0.189. The zero-order valence-electron chi connectivity index (χ0n) is 23.0. The highest BCUT2D eigenvalue weighted by molar-refractivity contribution is 5.97. The number of nitrogens with zero attached hydrogens (tertiary/aromatic N) is 3. The van der Waals surface area contributed by atoms with Crippen molar-refractivity contribution in [2.24, 2.45) is 39.2 Å². The van der Waals surface area contributed by atoms with E-state index in [1.54, 1.807) is 12.3 Å². The molecule has 0 aromatic rings. The van der Waals surface area contributed by atoms with Crippen molar-refractivity contribution < 1.29 is 4.79 Å². The summed E-state index contributed by atoms with van der Waals surface area (Å²) in [5.41, 5.74) is 16.3. The molecule has 7 N–H and O–H groups in total. The van der Waals surface area contributed by atoms with Gasteiger partial charge in [0.15, 0.2) is 0 Å². The van der Waals surface area contributed by atoms with Gasteiger partial charge >= 0.3 is 0 Å². The highest BCUT2D eigenvalue weighted by Crippen LogP contribution is 2.23. The number of likely N-dealkylation sites (tertiary alicyclic amines) is 1. The van der Waals surface area contributed by atoms with Crippen molar-refractivity contribution in [1.29, 1.82) is 5.41 Å². The van der Waals surface area contributed by atoms with Crippen molar-refractivity contribution in [3.8, 4) is 0 Å². The molecule has 0 aromatic heterocycles.